The minimum atomic E-state index is -0.459. The van der Waals surface area contributed by atoms with Gasteiger partial charge in [-0.25, -0.2) is 4.79 Å². The highest BCUT2D eigenvalue weighted by Gasteiger charge is 2.17. The van der Waals surface area contributed by atoms with Gasteiger partial charge in [0.15, 0.2) is 0 Å². The summed E-state index contributed by atoms with van der Waals surface area (Å²) >= 11 is 1.34. The number of aromatic nitrogens is 2. The number of carbonyl (C=O) groups is 2. The molecule has 1 amide bonds. The van der Waals surface area contributed by atoms with Crippen LogP contribution >= 0.6 is 11.3 Å². The predicted octanol–water partition coefficient (Wildman–Crippen LogP) is 1.99. The Morgan fingerprint density at radius 3 is 2.80 bits per heavy atom. The molecule has 0 aromatic carbocycles. The van der Waals surface area contributed by atoms with Crippen molar-refractivity contribution >= 4 is 28.2 Å². The van der Waals surface area contributed by atoms with Gasteiger partial charge in [0.1, 0.15) is 11.5 Å². The molecule has 6 nitrogen and oxygen atoms in total. The summed E-state index contributed by atoms with van der Waals surface area (Å²) in [5.41, 5.74) is 1.22. The lowest BCUT2D eigenvalue weighted by molar-refractivity contribution is -0.116. The van der Waals surface area contributed by atoms with Gasteiger partial charge in [-0.1, -0.05) is 0 Å². The third-order valence-electron chi connectivity index (χ3n) is 2.59. The lowest BCUT2D eigenvalue weighted by Gasteiger charge is -2.05. The SMILES string of the molecule is COC(=O)c1cc(C)sc1NC(=O)Cn1ccc(C)n1. The Labute approximate surface area is 120 Å². The first-order valence-corrected chi connectivity index (χ1v) is 6.80. The molecule has 7 heteroatoms. The largest absolute Gasteiger partial charge is 0.465 e. The summed E-state index contributed by atoms with van der Waals surface area (Å²) in [6.45, 7) is 3.82. The number of methoxy groups -OCH3 is 1. The summed E-state index contributed by atoms with van der Waals surface area (Å²) in [5.74, 6) is -0.695. The van der Waals surface area contributed by atoms with Crippen molar-refractivity contribution in [1.29, 1.82) is 0 Å². The van der Waals surface area contributed by atoms with E-state index in [0.717, 1.165) is 10.6 Å². The second-order valence-electron chi connectivity index (χ2n) is 4.29. The fraction of sp³-hybridized carbons (Fsp3) is 0.308. The molecule has 2 aromatic heterocycles. The van der Waals surface area contributed by atoms with Gasteiger partial charge < -0.3 is 10.1 Å². The average molecular weight is 293 g/mol. The van der Waals surface area contributed by atoms with Crippen molar-refractivity contribution in [3.63, 3.8) is 0 Å². The van der Waals surface area contributed by atoms with Crippen LogP contribution in [0.5, 0.6) is 0 Å². The molecule has 0 spiro atoms. The van der Waals surface area contributed by atoms with E-state index < -0.39 is 5.97 Å². The lowest BCUT2D eigenvalue weighted by Crippen LogP contribution is -2.19. The number of esters is 1. The van der Waals surface area contributed by atoms with E-state index in [1.165, 1.54) is 18.4 Å². The number of hydrogen-bond donors (Lipinski definition) is 1. The zero-order chi connectivity index (χ0) is 14.7. The number of ether oxygens (including phenoxy) is 1. The summed E-state index contributed by atoms with van der Waals surface area (Å²) in [7, 11) is 1.31. The van der Waals surface area contributed by atoms with Gasteiger partial charge in [0, 0.05) is 11.1 Å². The lowest BCUT2D eigenvalue weighted by atomic mass is 10.3. The molecular weight excluding hydrogens is 278 g/mol. The highest BCUT2D eigenvalue weighted by molar-refractivity contribution is 7.16. The number of aryl methyl sites for hydroxylation is 2. The Kier molecular flexibility index (Phi) is 4.19. The van der Waals surface area contributed by atoms with E-state index >= 15 is 0 Å². The highest BCUT2D eigenvalue weighted by atomic mass is 32.1. The normalized spacial score (nSPS) is 10.3. The fourth-order valence-electron chi connectivity index (χ4n) is 1.73. The van der Waals surface area contributed by atoms with Crippen LogP contribution in [-0.4, -0.2) is 28.8 Å². The van der Waals surface area contributed by atoms with Crippen molar-refractivity contribution in [1.82, 2.24) is 9.78 Å². The molecule has 0 saturated heterocycles. The number of thiophene rings is 1. The Morgan fingerprint density at radius 2 is 2.20 bits per heavy atom. The van der Waals surface area contributed by atoms with Gasteiger partial charge >= 0.3 is 5.97 Å². The summed E-state index contributed by atoms with van der Waals surface area (Å²) < 4.78 is 6.24. The van der Waals surface area contributed by atoms with E-state index in [0.29, 0.717) is 10.6 Å². The van der Waals surface area contributed by atoms with E-state index in [4.69, 9.17) is 4.74 Å². The molecule has 0 radical (unpaired) electrons. The first-order valence-electron chi connectivity index (χ1n) is 5.98. The molecule has 0 fully saturated rings. The molecule has 0 aliphatic rings. The molecule has 0 atom stereocenters. The number of anilines is 1. The molecule has 2 aromatic rings. The molecule has 20 heavy (non-hydrogen) atoms. The summed E-state index contributed by atoms with van der Waals surface area (Å²) in [4.78, 5) is 24.5. The van der Waals surface area contributed by atoms with E-state index in [1.807, 2.05) is 19.9 Å². The van der Waals surface area contributed by atoms with Crippen LogP contribution in [0.15, 0.2) is 18.3 Å². The topological polar surface area (TPSA) is 73.2 Å². The van der Waals surface area contributed by atoms with E-state index in [9.17, 15) is 9.59 Å². The number of carbonyl (C=O) groups excluding carboxylic acids is 2. The second-order valence-corrected chi connectivity index (χ2v) is 5.55. The number of amides is 1. The number of nitrogens with zero attached hydrogens (tertiary/aromatic N) is 2. The zero-order valence-electron chi connectivity index (χ0n) is 11.5. The Bertz CT molecular complexity index is 645. The minimum Gasteiger partial charge on any atom is -0.465 e. The minimum absolute atomic E-state index is 0.103. The van der Waals surface area contributed by atoms with Crippen LogP contribution in [0.4, 0.5) is 5.00 Å². The van der Waals surface area contributed by atoms with Crippen LogP contribution in [0, 0.1) is 13.8 Å². The third-order valence-corrected chi connectivity index (χ3v) is 3.56. The number of nitrogens with one attached hydrogen (secondary N) is 1. The van der Waals surface area contributed by atoms with Crippen molar-refractivity contribution in [3.05, 3.63) is 34.5 Å². The van der Waals surface area contributed by atoms with Crippen molar-refractivity contribution < 1.29 is 14.3 Å². The maximum atomic E-state index is 11.9. The summed E-state index contributed by atoms with van der Waals surface area (Å²) in [6.07, 6.45) is 1.73. The van der Waals surface area contributed by atoms with Gasteiger partial charge in [0.2, 0.25) is 5.91 Å². The van der Waals surface area contributed by atoms with Crippen molar-refractivity contribution in [2.45, 2.75) is 20.4 Å². The maximum Gasteiger partial charge on any atom is 0.340 e. The third kappa shape index (κ3) is 3.24. The van der Waals surface area contributed by atoms with Crippen molar-refractivity contribution in [2.75, 3.05) is 12.4 Å². The van der Waals surface area contributed by atoms with E-state index in [2.05, 4.69) is 10.4 Å². The molecule has 2 heterocycles. The van der Waals surface area contributed by atoms with Gasteiger partial charge in [0.05, 0.1) is 18.4 Å². The zero-order valence-corrected chi connectivity index (χ0v) is 12.3. The van der Waals surface area contributed by atoms with Crippen LogP contribution in [0.1, 0.15) is 20.9 Å². The molecule has 0 aliphatic carbocycles. The monoisotopic (exact) mass is 293 g/mol. The van der Waals surface area contributed by atoms with Crippen LogP contribution in [0.3, 0.4) is 0 Å². The first-order chi connectivity index (χ1) is 9.49. The molecule has 0 aliphatic heterocycles. The van der Waals surface area contributed by atoms with E-state index in [-0.39, 0.29) is 12.5 Å². The van der Waals surface area contributed by atoms with Crippen LogP contribution in [0.2, 0.25) is 0 Å². The molecule has 106 valence electrons. The van der Waals surface area contributed by atoms with E-state index in [1.54, 1.807) is 16.9 Å². The Hall–Kier alpha value is -2.15. The summed E-state index contributed by atoms with van der Waals surface area (Å²) in [6, 6.07) is 3.52. The smallest absolute Gasteiger partial charge is 0.340 e. The van der Waals surface area contributed by atoms with Gasteiger partial charge in [0.25, 0.3) is 0 Å². The van der Waals surface area contributed by atoms with Crippen LogP contribution in [0.25, 0.3) is 0 Å². The first kappa shape index (κ1) is 14.3. The maximum absolute atomic E-state index is 11.9. The molecule has 1 N–H and O–H groups in total. The Morgan fingerprint density at radius 1 is 1.45 bits per heavy atom. The molecular formula is C13H15N3O3S. The fourth-order valence-corrected chi connectivity index (χ4v) is 2.65. The highest BCUT2D eigenvalue weighted by Crippen LogP contribution is 2.28. The average Bonchev–Trinajstić information content (AvgIpc) is 2.94. The number of rotatable bonds is 4. The van der Waals surface area contributed by atoms with Crippen molar-refractivity contribution in [2.24, 2.45) is 0 Å². The van der Waals surface area contributed by atoms with Crippen molar-refractivity contribution in [3.8, 4) is 0 Å². The Balaban J connectivity index is 2.09. The second kappa shape index (κ2) is 5.87. The van der Waals surface area contributed by atoms with Gasteiger partial charge in [-0.2, -0.15) is 5.10 Å². The predicted molar refractivity (Wildman–Crippen MR) is 76.0 cm³/mol. The van der Waals surface area contributed by atoms with Gasteiger partial charge in [-0.05, 0) is 26.0 Å². The number of hydrogen-bond acceptors (Lipinski definition) is 5. The summed E-state index contributed by atoms with van der Waals surface area (Å²) in [5, 5.41) is 7.36. The standard InChI is InChI=1S/C13H15N3O3S/c1-8-4-5-16(15-8)7-11(17)14-12-10(13(18)19-3)6-9(2)20-12/h4-6H,7H2,1-3H3,(H,14,17). The molecule has 0 saturated carbocycles. The van der Waals surface area contributed by atoms with Gasteiger partial charge in [-0.15, -0.1) is 11.3 Å². The van der Waals surface area contributed by atoms with Crippen LogP contribution in [-0.2, 0) is 16.1 Å². The molecule has 0 unspecified atom stereocenters. The molecule has 2 rings (SSSR count). The van der Waals surface area contributed by atoms with Crippen LogP contribution < -0.4 is 5.32 Å². The van der Waals surface area contributed by atoms with Gasteiger partial charge in [-0.3, -0.25) is 9.48 Å². The quantitative estimate of drug-likeness (QED) is 0.875. The molecule has 0 bridgehead atoms.